The van der Waals surface area contributed by atoms with Crippen LogP contribution < -0.4 is 5.73 Å². The van der Waals surface area contributed by atoms with Crippen molar-refractivity contribution in [2.24, 2.45) is 0 Å². The minimum atomic E-state index is -0.0103. The number of anilines is 1. The first-order chi connectivity index (χ1) is 10.0. The molecule has 1 amide bonds. The van der Waals surface area contributed by atoms with Crippen molar-refractivity contribution in [3.8, 4) is 0 Å². The molecule has 0 fully saturated rings. The van der Waals surface area contributed by atoms with Crippen LogP contribution in [0.25, 0.3) is 10.1 Å². The van der Waals surface area contributed by atoms with Crippen LogP contribution in [0.5, 0.6) is 0 Å². The zero-order valence-electron chi connectivity index (χ0n) is 11.9. The normalized spacial score (nSPS) is 11.0. The summed E-state index contributed by atoms with van der Waals surface area (Å²) >= 11 is 1.48. The molecule has 0 aliphatic carbocycles. The Morgan fingerprint density at radius 1 is 1.29 bits per heavy atom. The first-order valence-corrected chi connectivity index (χ1v) is 7.44. The second-order valence-electron chi connectivity index (χ2n) is 5.08. The Kier molecular flexibility index (Phi) is 3.43. The van der Waals surface area contributed by atoms with E-state index in [2.05, 4.69) is 0 Å². The number of carbonyl (C=O) groups excluding carboxylic acids is 1. The van der Waals surface area contributed by atoms with Crippen molar-refractivity contribution in [1.29, 1.82) is 0 Å². The molecule has 4 nitrogen and oxygen atoms in total. The van der Waals surface area contributed by atoms with E-state index < -0.39 is 0 Å². The summed E-state index contributed by atoms with van der Waals surface area (Å²) in [4.78, 5) is 14.8. The van der Waals surface area contributed by atoms with Gasteiger partial charge in [0.1, 0.15) is 11.5 Å². The highest BCUT2D eigenvalue weighted by atomic mass is 32.1. The van der Waals surface area contributed by atoms with Gasteiger partial charge in [-0.25, -0.2) is 0 Å². The lowest BCUT2D eigenvalue weighted by Gasteiger charge is -2.14. The molecule has 108 valence electrons. The van der Waals surface area contributed by atoms with Crippen LogP contribution in [0.4, 0.5) is 5.69 Å². The Labute approximate surface area is 126 Å². The Morgan fingerprint density at radius 2 is 2.10 bits per heavy atom. The molecule has 0 saturated carbocycles. The highest BCUT2D eigenvalue weighted by Gasteiger charge is 2.16. The topological polar surface area (TPSA) is 59.5 Å². The smallest absolute Gasteiger partial charge is 0.264 e. The Morgan fingerprint density at radius 3 is 2.81 bits per heavy atom. The van der Waals surface area contributed by atoms with Gasteiger partial charge in [-0.3, -0.25) is 4.79 Å². The molecule has 0 aliphatic rings. The van der Waals surface area contributed by atoms with Crippen LogP contribution in [0.2, 0.25) is 0 Å². The predicted molar refractivity (Wildman–Crippen MR) is 85.5 cm³/mol. The number of nitrogen functional groups attached to an aromatic ring is 1. The number of hydrogen-bond acceptors (Lipinski definition) is 4. The van der Waals surface area contributed by atoms with E-state index in [4.69, 9.17) is 10.2 Å². The summed E-state index contributed by atoms with van der Waals surface area (Å²) < 4.78 is 6.57. The highest BCUT2D eigenvalue weighted by Crippen LogP contribution is 2.28. The van der Waals surface area contributed by atoms with Gasteiger partial charge in [0.05, 0.1) is 11.4 Å². The number of hydrogen-bond donors (Lipinski definition) is 1. The van der Waals surface area contributed by atoms with Gasteiger partial charge in [0.2, 0.25) is 0 Å². The van der Waals surface area contributed by atoms with E-state index in [1.165, 1.54) is 11.3 Å². The number of nitrogens with zero attached hydrogens (tertiary/aromatic N) is 1. The molecule has 3 rings (SSSR count). The van der Waals surface area contributed by atoms with Crippen LogP contribution in [-0.2, 0) is 6.54 Å². The van der Waals surface area contributed by atoms with E-state index in [1.807, 2.05) is 43.3 Å². The molecule has 2 N–H and O–H groups in total. The minimum Gasteiger partial charge on any atom is -0.464 e. The molecule has 21 heavy (non-hydrogen) atoms. The van der Waals surface area contributed by atoms with Crippen molar-refractivity contribution in [3.63, 3.8) is 0 Å². The lowest BCUT2D eigenvalue weighted by molar-refractivity contribution is 0.0780. The number of rotatable bonds is 3. The van der Waals surface area contributed by atoms with Crippen LogP contribution in [0.15, 0.2) is 40.8 Å². The van der Waals surface area contributed by atoms with Gasteiger partial charge in [-0.15, -0.1) is 11.3 Å². The average Bonchev–Trinajstić information content (AvgIpc) is 3.03. The third kappa shape index (κ3) is 2.78. The number of amides is 1. The van der Waals surface area contributed by atoms with E-state index >= 15 is 0 Å². The molecule has 0 atom stereocenters. The molecule has 0 spiro atoms. The maximum absolute atomic E-state index is 12.5. The van der Waals surface area contributed by atoms with Gasteiger partial charge >= 0.3 is 0 Å². The van der Waals surface area contributed by atoms with Crippen molar-refractivity contribution in [2.45, 2.75) is 13.5 Å². The monoisotopic (exact) mass is 300 g/mol. The summed E-state index contributed by atoms with van der Waals surface area (Å²) in [5.41, 5.74) is 6.48. The molecule has 0 unspecified atom stereocenters. The molecule has 3 aromatic rings. The van der Waals surface area contributed by atoms with Crippen LogP contribution in [-0.4, -0.2) is 17.9 Å². The van der Waals surface area contributed by atoms with Crippen molar-refractivity contribution >= 4 is 33.0 Å². The quantitative estimate of drug-likeness (QED) is 0.751. The zero-order valence-corrected chi connectivity index (χ0v) is 12.7. The van der Waals surface area contributed by atoms with Crippen molar-refractivity contribution in [2.75, 3.05) is 12.8 Å². The predicted octanol–water partition coefficient (Wildman–Crippen LogP) is 3.66. The highest BCUT2D eigenvalue weighted by molar-refractivity contribution is 7.20. The van der Waals surface area contributed by atoms with Gasteiger partial charge in [-0.2, -0.15) is 0 Å². The number of nitrogens with two attached hydrogens (primary N) is 1. The van der Waals surface area contributed by atoms with E-state index in [0.29, 0.717) is 17.1 Å². The SMILES string of the molecule is Cc1ccc(CN(C)C(=O)c2cc3cc(N)ccc3s2)o1. The average molecular weight is 300 g/mol. The van der Waals surface area contributed by atoms with E-state index in [-0.39, 0.29) is 5.91 Å². The molecule has 0 radical (unpaired) electrons. The van der Waals surface area contributed by atoms with Crippen LogP contribution in [0.3, 0.4) is 0 Å². The fourth-order valence-corrected chi connectivity index (χ4v) is 3.27. The number of furan rings is 1. The van der Waals surface area contributed by atoms with Gasteiger partial charge in [0, 0.05) is 17.4 Å². The number of carbonyl (C=O) groups is 1. The summed E-state index contributed by atoms with van der Waals surface area (Å²) in [7, 11) is 1.78. The lowest BCUT2D eigenvalue weighted by Crippen LogP contribution is -2.25. The molecule has 0 saturated heterocycles. The van der Waals surface area contributed by atoms with E-state index in [1.54, 1.807) is 11.9 Å². The molecule has 5 heteroatoms. The zero-order chi connectivity index (χ0) is 15.0. The molecule has 0 aliphatic heterocycles. The van der Waals surface area contributed by atoms with Crippen LogP contribution >= 0.6 is 11.3 Å². The van der Waals surface area contributed by atoms with Crippen LogP contribution in [0.1, 0.15) is 21.2 Å². The molecule has 0 bridgehead atoms. The number of thiophene rings is 1. The number of aryl methyl sites for hydroxylation is 1. The van der Waals surface area contributed by atoms with Gasteiger partial charge < -0.3 is 15.1 Å². The molecule has 2 heterocycles. The third-order valence-electron chi connectivity index (χ3n) is 3.29. The van der Waals surface area contributed by atoms with Crippen molar-refractivity contribution < 1.29 is 9.21 Å². The fourth-order valence-electron chi connectivity index (χ4n) is 2.23. The lowest BCUT2D eigenvalue weighted by atomic mass is 10.2. The molecule has 2 aromatic heterocycles. The molecular formula is C16H16N2O2S. The van der Waals surface area contributed by atoms with Crippen molar-refractivity contribution in [3.05, 3.63) is 52.8 Å². The first-order valence-electron chi connectivity index (χ1n) is 6.63. The summed E-state index contributed by atoms with van der Waals surface area (Å²) in [6.07, 6.45) is 0. The summed E-state index contributed by atoms with van der Waals surface area (Å²) in [5, 5.41) is 1.01. The standard InChI is InChI=1S/C16H16N2O2S/c1-10-3-5-13(20-10)9-18(2)16(19)15-8-11-7-12(17)4-6-14(11)21-15/h3-8H,9,17H2,1-2H3. The number of benzene rings is 1. The first kappa shape index (κ1) is 13.7. The fraction of sp³-hybridized carbons (Fsp3) is 0.188. The van der Waals surface area contributed by atoms with Gasteiger partial charge in [-0.05, 0) is 48.7 Å². The maximum Gasteiger partial charge on any atom is 0.264 e. The summed E-state index contributed by atoms with van der Waals surface area (Å²) in [5.74, 6) is 1.63. The Bertz CT molecular complexity index is 804. The maximum atomic E-state index is 12.5. The van der Waals surface area contributed by atoms with Gasteiger partial charge in [-0.1, -0.05) is 0 Å². The summed E-state index contributed by atoms with van der Waals surface area (Å²) in [6, 6.07) is 11.4. The third-order valence-corrected chi connectivity index (χ3v) is 4.39. The number of fused-ring (bicyclic) bond motifs is 1. The van der Waals surface area contributed by atoms with Gasteiger partial charge in [0.25, 0.3) is 5.91 Å². The van der Waals surface area contributed by atoms with E-state index in [9.17, 15) is 4.79 Å². The van der Waals surface area contributed by atoms with Crippen LogP contribution in [0, 0.1) is 6.92 Å². The Hall–Kier alpha value is -2.27. The van der Waals surface area contributed by atoms with E-state index in [0.717, 1.165) is 21.6 Å². The minimum absolute atomic E-state index is 0.0103. The van der Waals surface area contributed by atoms with Crippen molar-refractivity contribution in [1.82, 2.24) is 4.90 Å². The second kappa shape index (κ2) is 5.26. The van der Waals surface area contributed by atoms with Gasteiger partial charge in [0.15, 0.2) is 0 Å². The Balaban J connectivity index is 1.82. The second-order valence-corrected chi connectivity index (χ2v) is 6.17. The molecular weight excluding hydrogens is 284 g/mol. The largest absolute Gasteiger partial charge is 0.464 e. The molecule has 1 aromatic carbocycles. The summed E-state index contributed by atoms with van der Waals surface area (Å²) in [6.45, 7) is 2.35.